The second-order valence-electron chi connectivity index (χ2n) is 11.0. The summed E-state index contributed by atoms with van der Waals surface area (Å²) in [6.45, 7) is 8.04. The van der Waals surface area contributed by atoms with Gasteiger partial charge in [0.05, 0.1) is 42.0 Å². The van der Waals surface area contributed by atoms with Crippen molar-refractivity contribution < 1.29 is 32.2 Å². The molecule has 0 aliphatic carbocycles. The number of sulfonamides is 1. The number of para-hydroxylation sites is 1. The number of hydrogen-bond acceptors (Lipinski definition) is 9. The van der Waals surface area contributed by atoms with Gasteiger partial charge in [0.1, 0.15) is 17.2 Å². The lowest BCUT2D eigenvalue weighted by Gasteiger charge is -2.29. The fourth-order valence-corrected chi connectivity index (χ4v) is 7.16. The predicted octanol–water partition coefficient (Wildman–Crippen LogP) is 5.40. The number of furan rings is 1. The summed E-state index contributed by atoms with van der Waals surface area (Å²) in [4.78, 5) is 16.1. The van der Waals surface area contributed by atoms with Crippen molar-refractivity contribution in [3.8, 4) is 28.8 Å². The van der Waals surface area contributed by atoms with Crippen molar-refractivity contribution in [1.82, 2.24) is 19.7 Å². The molecule has 0 spiro atoms. The highest BCUT2D eigenvalue weighted by Gasteiger charge is 2.37. The first-order valence-electron chi connectivity index (χ1n) is 13.4. The van der Waals surface area contributed by atoms with Gasteiger partial charge >= 0.3 is 5.97 Å². The third kappa shape index (κ3) is 6.86. The molecule has 0 aliphatic heterocycles. The Morgan fingerprint density at radius 1 is 1.14 bits per heavy atom. The van der Waals surface area contributed by atoms with Crippen molar-refractivity contribution in [2.45, 2.75) is 44.3 Å². The molecule has 3 heterocycles. The lowest BCUT2D eigenvalue weighted by Crippen LogP contribution is -2.43. The van der Waals surface area contributed by atoms with Gasteiger partial charge in [-0.15, -0.1) is 10.2 Å². The number of anilines is 1. The molecule has 4 aromatic rings. The van der Waals surface area contributed by atoms with Crippen molar-refractivity contribution in [2.75, 3.05) is 25.1 Å². The number of hydrogen-bond donors (Lipinski definition) is 1. The van der Waals surface area contributed by atoms with Crippen LogP contribution in [0.25, 0.3) is 17.3 Å². The molecule has 1 atom stereocenters. The maximum absolute atomic E-state index is 14.5. The molecule has 43 heavy (non-hydrogen) atoms. The number of halogens is 1. The number of nitrogens with zero attached hydrogens (tertiary/aromatic N) is 5. The molecule has 230 valence electrons. The molecular formula is C28H34ClN5O7SSi. The summed E-state index contributed by atoms with van der Waals surface area (Å²) in [5.41, 5.74) is 0.319. The molecule has 15 heteroatoms. The monoisotopic (exact) mass is 647 g/mol. The van der Waals surface area contributed by atoms with Gasteiger partial charge in [0.15, 0.2) is 5.76 Å². The zero-order valence-corrected chi connectivity index (χ0v) is 27.3. The van der Waals surface area contributed by atoms with Gasteiger partial charge < -0.3 is 19.0 Å². The van der Waals surface area contributed by atoms with Crippen LogP contribution in [0.4, 0.5) is 5.95 Å². The van der Waals surface area contributed by atoms with Crippen LogP contribution in [0, 0.1) is 0 Å². The Bertz CT molecular complexity index is 1680. The Labute approximate surface area is 256 Å². The minimum Gasteiger partial charge on any atom is -0.494 e. The Morgan fingerprint density at radius 3 is 2.37 bits per heavy atom. The summed E-state index contributed by atoms with van der Waals surface area (Å²) < 4.78 is 48.7. The largest absolute Gasteiger partial charge is 0.494 e. The van der Waals surface area contributed by atoms with Gasteiger partial charge in [-0.2, -0.15) is 0 Å². The molecule has 1 aromatic carbocycles. The Hall–Kier alpha value is -3.88. The topological polar surface area (TPSA) is 150 Å². The number of carboxylic acid groups (broad SMARTS) is 1. The summed E-state index contributed by atoms with van der Waals surface area (Å²) in [7, 11) is -2.99. The molecule has 3 aromatic heterocycles. The predicted molar refractivity (Wildman–Crippen MR) is 166 cm³/mol. The standard InChI is InChI=1S/C28H34ClN5O7SSi/c1-18(15-21-20(27(35)36)16-19(29)17-30-21)42(37,38)33(12-14-43(4,5)6)28-32-31-26(24-11-8-13-41-24)34(28)25-22(39-2)9-7-10-23(25)40-3/h7-11,13,16-18H,12,14-15H2,1-6H3,(H,35,36)/t18-/m0/s1. The number of rotatable bonds is 13. The van der Waals surface area contributed by atoms with Crippen LogP contribution in [0.1, 0.15) is 23.0 Å². The van der Waals surface area contributed by atoms with Crippen LogP contribution in [0.3, 0.4) is 0 Å². The molecule has 0 radical (unpaired) electrons. The molecule has 0 fully saturated rings. The zero-order chi connectivity index (χ0) is 31.5. The second-order valence-corrected chi connectivity index (χ2v) is 19.4. The summed E-state index contributed by atoms with van der Waals surface area (Å²) in [6.07, 6.45) is 2.60. The molecule has 0 saturated carbocycles. The first kappa shape index (κ1) is 32.0. The molecule has 12 nitrogen and oxygen atoms in total. The molecule has 0 unspecified atom stereocenters. The molecule has 0 bridgehead atoms. The number of carboxylic acids is 1. The molecule has 4 rings (SSSR count). The molecule has 1 N–H and O–H groups in total. The summed E-state index contributed by atoms with van der Waals surface area (Å²) in [5, 5.41) is 17.5. The lowest BCUT2D eigenvalue weighted by atomic mass is 10.1. The van der Waals surface area contributed by atoms with E-state index in [-0.39, 0.29) is 41.0 Å². The smallest absolute Gasteiger partial charge is 0.337 e. The van der Waals surface area contributed by atoms with Gasteiger partial charge in [0, 0.05) is 27.2 Å². The number of aromatic nitrogens is 4. The fraction of sp³-hybridized carbons (Fsp3) is 0.357. The maximum Gasteiger partial charge on any atom is 0.337 e. The van der Waals surface area contributed by atoms with Crippen molar-refractivity contribution in [3.63, 3.8) is 0 Å². The van der Waals surface area contributed by atoms with Crippen molar-refractivity contribution in [2.24, 2.45) is 0 Å². The highest BCUT2D eigenvalue weighted by atomic mass is 35.5. The van der Waals surface area contributed by atoms with Gasteiger partial charge in [-0.3, -0.25) is 9.55 Å². The number of carbonyl (C=O) groups is 1. The van der Waals surface area contributed by atoms with Crippen LogP contribution in [0.15, 0.2) is 53.3 Å². The average molecular weight is 648 g/mol. The lowest BCUT2D eigenvalue weighted by molar-refractivity contribution is 0.0695. The van der Waals surface area contributed by atoms with Gasteiger partial charge in [-0.1, -0.05) is 37.3 Å². The van der Waals surface area contributed by atoms with E-state index < -0.39 is 29.3 Å². The molecule has 0 saturated heterocycles. The fourth-order valence-electron chi connectivity index (χ4n) is 4.45. The number of pyridine rings is 1. The number of ether oxygens (including phenoxy) is 2. The van der Waals surface area contributed by atoms with Gasteiger partial charge in [-0.05, 0) is 43.3 Å². The number of methoxy groups -OCH3 is 2. The van der Waals surface area contributed by atoms with E-state index in [9.17, 15) is 18.3 Å². The van der Waals surface area contributed by atoms with E-state index in [4.69, 9.17) is 25.5 Å². The Morgan fingerprint density at radius 2 is 1.81 bits per heavy atom. The van der Waals surface area contributed by atoms with E-state index >= 15 is 0 Å². The van der Waals surface area contributed by atoms with E-state index in [1.807, 2.05) is 0 Å². The van der Waals surface area contributed by atoms with E-state index in [1.54, 1.807) is 34.9 Å². The van der Waals surface area contributed by atoms with Crippen molar-refractivity contribution >= 4 is 41.6 Å². The normalized spacial score (nSPS) is 12.6. The third-order valence-corrected chi connectivity index (χ3v) is 10.8. The van der Waals surface area contributed by atoms with Crippen LogP contribution >= 0.6 is 11.6 Å². The van der Waals surface area contributed by atoms with E-state index in [2.05, 4.69) is 34.8 Å². The average Bonchev–Trinajstić information content (AvgIpc) is 3.63. The minimum atomic E-state index is -4.20. The highest BCUT2D eigenvalue weighted by Crippen LogP contribution is 2.39. The van der Waals surface area contributed by atoms with Crippen molar-refractivity contribution in [1.29, 1.82) is 0 Å². The number of aromatic carboxylic acids is 1. The van der Waals surface area contributed by atoms with Crippen LogP contribution < -0.4 is 13.8 Å². The van der Waals surface area contributed by atoms with Crippen LogP contribution in [0.5, 0.6) is 11.5 Å². The van der Waals surface area contributed by atoms with Gasteiger partial charge in [-0.25, -0.2) is 17.5 Å². The SMILES string of the molecule is COc1cccc(OC)c1-n1c(-c2ccco2)nnc1N(CC[Si](C)(C)C)S(=O)(=O)[C@@H](C)Cc1ncc(Cl)cc1C(=O)O. The Balaban J connectivity index is 1.93. The van der Waals surface area contributed by atoms with Gasteiger partial charge in [0.25, 0.3) is 0 Å². The third-order valence-electron chi connectivity index (χ3n) is 6.76. The first-order valence-corrected chi connectivity index (χ1v) is 19.0. The zero-order valence-electron chi connectivity index (χ0n) is 24.7. The Kier molecular flexibility index (Phi) is 9.52. The second kappa shape index (κ2) is 12.8. The van der Waals surface area contributed by atoms with Crippen LogP contribution in [-0.4, -0.2) is 73.3 Å². The first-order chi connectivity index (χ1) is 20.3. The minimum absolute atomic E-state index is 0.00169. The van der Waals surface area contributed by atoms with Gasteiger partial charge in [0.2, 0.25) is 21.8 Å². The van der Waals surface area contributed by atoms with Crippen molar-refractivity contribution in [3.05, 3.63) is 65.1 Å². The quantitative estimate of drug-likeness (QED) is 0.187. The highest BCUT2D eigenvalue weighted by molar-refractivity contribution is 7.93. The van der Waals surface area contributed by atoms with E-state index in [0.717, 1.165) is 0 Å². The summed E-state index contributed by atoms with van der Waals surface area (Å²) in [6, 6.07) is 10.4. The summed E-state index contributed by atoms with van der Waals surface area (Å²) >= 11 is 5.98. The molecular weight excluding hydrogens is 614 g/mol. The maximum atomic E-state index is 14.5. The van der Waals surface area contributed by atoms with E-state index in [1.165, 1.54) is 44.0 Å². The van der Waals surface area contributed by atoms with E-state index in [0.29, 0.717) is 29.0 Å². The molecule has 0 aliphatic rings. The van der Waals surface area contributed by atoms with Crippen LogP contribution in [0.2, 0.25) is 30.7 Å². The summed E-state index contributed by atoms with van der Waals surface area (Å²) in [5.74, 6) is 0.105. The van der Waals surface area contributed by atoms with Crippen LogP contribution in [-0.2, 0) is 16.4 Å². The number of benzene rings is 1. The molecule has 0 amide bonds.